The smallest absolute Gasteiger partial charge is 0.265 e. The van der Waals surface area contributed by atoms with E-state index in [2.05, 4.69) is 15.8 Å². The predicted molar refractivity (Wildman–Crippen MR) is 59.9 cm³/mol. The molecule has 0 aromatic heterocycles. The van der Waals surface area contributed by atoms with E-state index in [-0.39, 0.29) is 12.5 Å². The first-order chi connectivity index (χ1) is 7.72. The highest BCUT2D eigenvalue weighted by Crippen LogP contribution is 2.09. The summed E-state index contributed by atoms with van der Waals surface area (Å²) in [6, 6.07) is 6.98. The fourth-order valence-electron chi connectivity index (χ4n) is 1.55. The summed E-state index contributed by atoms with van der Waals surface area (Å²) < 4.78 is 0. The van der Waals surface area contributed by atoms with Crippen LogP contribution in [-0.4, -0.2) is 29.5 Å². The van der Waals surface area contributed by atoms with E-state index < -0.39 is 6.04 Å². The molecular weight excluding hydrogens is 206 g/mol. The Balaban J connectivity index is 2.35. The van der Waals surface area contributed by atoms with Crippen LogP contribution in [0.4, 0.5) is 0 Å². The number of nitrogens with one attached hydrogen (secondary N) is 2. The molecule has 0 bridgehead atoms. The number of aliphatic hydroxyl groups excluding tert-OH is 1. The second-order valence-electron chi connectivity index (χ2n) is 3.61. The average Bonchev–Trinajstić information content (AvgIpc) is 2.31. The minimum Gasteiger partial charge on any atom is -0.394 e. The Morgan fingerprint density at radius 3 is 2.81 bits per heavy atom. The van der Waals surface area contributed by atoms with Gasteiger partial charge >= 0.3 is 0 Å². The van der Waals surface area contributed by atoms with Crippen LogP contribution in [0.25, 0.3) is 0 Å². The normalized spacial score (nSPS) is 19.8. The van der Waals surface area contributed by atoms with Crippen LogP contribution in [-0.2, 0) is 4.79 Å². The standard InChI is InChI=1S/C11H13N3O2/c1-7-4-2-3-5-8(7)10-12-9(6-15)11(16)14-13-10/h2-5,9,15H,6H2,1H3,(H,12,13)(H,14,16). The molecule has 5 nitrogen and oxygen atoms in total. The number of hydrogen-bond acceptors (Lipinski definition) is 4. The lowest BCUT2D eigenvalue weighted by Gasteiger charge is -2.21. The van der Waals surface area contributed by atoms with Gasteiger partial charge in [-0.05, 0) is 12.5 Å². The second-order valence-corrected chi connectivity index (χ2v) is 3.61. The number of hydrogen-bond donors (Lipinski definition) is 3. The number of carbonyl (C=O) groups excluding carboxylic acids is 1. The maximum absolute atomic E-state index is 11.2. The molecule has 0 spiro atoms. The van der Waals surface area contributed by atoms with Gasteiger partial charge in [-0.3, -0.25) is 20.6 Å². The van der Waals surface area contributed by atoms with E-state index in [0.717, 1.165) is 11.1 Å². The van der Waals surface area contributed by atoms with Gasteiger partial charge in [-0.2, -0.15) is 0 Å². The molecule has 0 radical (unpaired) electrons. The minimum atomic E-state index is -0.726. The van der Waals surface area contributed by atoms with E-state index >= 15 is 0 Å². The van der Waals surface area contributed by atoms with Gasteiger partial charge in [0, 0.05) is 5.56 Å². The van der Waals surface area contributed by atoms with Crippen molar-refractivity contribution in [2.75, 3.05) is 6.61 Å². The van der Waals surface area contributed by atoms with Crippen LogP contribution < -0.4 is 10.9 Å². The maximum Gasteiger partial charge on any atom is 0.265 e. The van der Waals surface area contributed by atoms with Gasteiger partial charge in [0.25, 0.3) is 5.91 Å². The maximum atomic E-state index is 11.2. The molecule has 0 saturated carbocycles. The highest BCUT2D eigenvalue weighted by molar-refractivity contribution is 6.04. The molecule has 0 saturated heterocycles. The molecule has 1 unspecified atom stereocenters. The molecule has 5 heteroatoms. The van der Waals surface area contributed by atoms with Crippen LogP contribution in [0.5, 0.6) is 0 Å². The molecule has 0 aliphatic carbocycles. The Labute approximate surface area is 93.2 Å². The molecular formula is C11H13N3O2. The SMILES string of the molecule is Cc1ccccc1C1=NC(CO)C(=O)NN1. The van der Waals surface area contributed by atoms with E-state index in [0.29, 0.717) is 5.84 Å². The number of aryl methyl sites for hydroxylation is 1. The van der Waals surface area contributed by atoms with E-state index in [1.165, 1.54) is 0 Å². The van der Waals surface area contributed by atoms with Crippen molar-refractivity contribution in [2.24, 2.45) is 4.99 Å². The van der Waals surface area contributed by atoms with Crippen LogP contribution >= 0.6 is 0 Å². The van der Waals surface area contributed by atoms with Crippen molar-refractivity contribution in [1.82, 2.24) is 10.9 Å². The monoisotopic (exact) mass is 219 g/mol. The first-order valence-corrected chi connectivity index (χ1v) is 5.03. The van der Waals surface area contributed by atoms with Crippen molar-refractivity contribution >= 4 is 11.7 Å². The van der Waals surface area contributed by atoms with Crippen LogP contribution in [0.1, 0.15) is 11.1 Å². The highest BCUT2D eigenvalue weighted by Gasteiger charge is 2.23. The molecule has 2 rings (SSSR count). The number of rotatable bonds is 2. The van der Waals surface area contributed by atoms with Crippen molar-refractivity contribution in [2.45, 2.75) is 13.0 Å². The lowest BCUT2D eigenvalue weighted by Crippen LogP contribution is -2.52. The summed E-state index contributed by atoms with van der Waals surface area (Å²) in [6.07, 6.45) is 0. The zero-order valence-corrected chi connectivity index (χ0v) is 8.90. The Morgan fingerprint density at radius 2 is 2.12 bits per heavy atom. The zero-order chi connectivity index (χ0) is 11.5. The number of benzene rings is 1. The van der Waals surface area contributed by atoms with E-state index in [1.807, 2.05) is 31.2 Å². The zero-order valence-electron chi connectivity index (χ0n) is 8.90. The number of aliphatic hydroxyl groups is 1. The minimum absolute atomic E-state index is 0.289. The summed E-state index contributed by atoms with van der Waals surface area (Å²) in [7, 11) is 0. The van der Waals surface area contributed by atoms with Gasteiger partial charge in [-0.1, -0.05) is 24.3 Å². The molecule has 1 heterocycles. The van der Waals surface area contributed by atoms with E-state index in [4.69, 9.17) is 5.11 Å². The fourth-order valence-corrected chi connectivity index (χ4v) is 1.55. The van der Waals surface area contributed by atoms with Crippen molar-refractivity contribution in [3.63, 3.8) is 0 Å². The summed E-state index contributed by atoms with van der Waals surface area (Å²) >= 11 is 0. The largest absolute Gasteiger partial charge is 0.394 e. The Morgan fingerprint density at radius 1 is 1.38 bits per heavy atom. The van der Waals surface area contributed by atoms with Crippen LogP contribution in [0, 0.1) is 6.92 Å². The molecule has 1 aliphatic heterocycles. The Kier molecular flexibility index (Phi) is 2.87. The predicted octanol–water partition coefficient (Wildman–Crippen LogP) is -0.263. The quantitative estimate of drug-likeness (QED) is 0.641. The summed E-state index contributed by atoms with van der Waals surface area (Å²) in [5.74, 6) is 0.261. The molecule has 1 aromatic carbocycles. The van der Waals surface area contributed by atoms with Crippen LogP contribution in [0.2, 0.25) is 0 Å². The molecule has 16 heavy (non-hydrogen) atoms. The van der Waals surface area contributed by atoms with Crippen molar-refractivity contribution < 1.29 is 9.90 Å². The summed E-state index contributed by atoms with van der Waals surface area (Å²) in [4.78, 5) is 15.4. The van der Waals surface area contributed by atoms with Gasteiger partial charge in [-0.25, -0.2) is 0 Å². The number of carbonyl (C=O) groups is 1. The third-order valence-corrected chi connectivity index (χ3v) is 2.46. The van der Waals surface area contributed by atoms with E-state index in [9.17, 15) is 4.79 Å². The summed E-state index contributed by atoms with van der Waals surface area (Å²) in [5.41, 5.74) is 7.18. The third kappa shape index (κ3) is 1.90. The molecule has 1 aromatic rings. The van der Waals surface area contributed by atoms with Crippen molar-refractivity contribution in [3.8, 4) is 0 Å². The molecule has 3 N–H and O–H groups in total. The second kappa shape index (κ2) is 4.32. The van der Waals surface area contributed by atoms with Gasteiger partial charge in [0.15, 0.2) is 6.04 Å². The van der Waals surface area contributed by atoms with Gasteiger partial charge < -0.3 is 5.11 Å². The first kappa shape index (κ1) is 10.6. The third-order valence-electron chi connectivity index (χ3n) is 2.46. The summed E-state index contributed by atoms with van der Waals surface area (Å²) in [6.45, 7) is 1.67. The van der Waals surface area contributed by atoms with Gasteiger partial charge in [-0.15, -0.1) is 0 Å². The van der Waals surface area contributed by atoms with Gasteiger partial charge in [0.05, 0.1) is 6.61 Å². The molecule has 0 fully saturated rings. The van der Waals surface area contributed by atoms with Crippen LogP contribution in [0.3, 0.4) is 0 Å². The molecule has 1 amide bonds. The number of amides is 1. The van der Waals surface area contributed by atoms with Gasteiger partial charge in [0.2, 0.25) is 0 Å². The Hall–Kier alpha value is -1.88. The lowest BCUT2D eigenvalue weighted by atomic mass is 10.1. The number of hydrazine groups is 1. The fraction of sp³-hybridized carbons (Fsp3) is 0.273. The van der Waals surface area contributed by atoms with Gasteiger partial charge in [0.1, 0.15) is 5.84 Å². The Bertz CT molecular complexity index is 443. The topological polar surface area (TPSA) is 73.7 Å². The number of amidine groups is 1. The summed E-state index contributed by atoms with van der Waals surface area (Å²) in [5, 5.41) is 9.00. The van der Waals surface area contributed by atoms with E-state index in [1.54, 1.807) is 0 Å². The average molecular weight is 219 g/mol. The molecule has 1 atom stereocenters. The first-order valence-electron chi connectivity index (χ1n) is 5.03. The molecule has 84 valence electrons. The van der Waals surface area contributed by atoms with Crippen LogP contribution in [0.15, 0.2) is 29.3 Å². The van der Waals surface area contributed by atoms with Crippen molar-refractivity contribution in [1.29, 1.82) is 0 Å². The van der Waals surface area contributed by atoms with Crippen molar-refractivity contribution in [3.05, 3.63) is 35.4 Å². The lowest BCUT2D eigenvalue weighted by molar-refractivity contribution is -0.124. The molecule has 1 aliphatic rings. The highest BCUT2D eigenvalue weighted by atomic mass is 16.3. The number of nitrogens with zero attached hydrogens (tertiary/aromatic N) is 1. The number of aliphatic imine (C=N–C) groups is 1.